The average Bonchev–Trinajstić information content (AvgIpc) is 3.03. The number of fused-ring (bicyclic) bond motifs is 2. The Morgan fingerprint density at radius 2 is 1.86 bits per heavy atom. The molecule has 0 spiro atoms. The molecule has 3 fully saturated rings. The fraction of sp³-hybridized carbons (Fsp3) is 0.941. The van der Waals surface area contributed by atoms with Gasteiger partial charge in [-0.25, -0.2) is 4.79 Å². The number of carbonyl (C=O) groups is 1. The van der Waals surface area contributed by atoms with Crippen LogP contribution in [0.5, 0.6) is 0 Å². The van der Waals surface area contributed by atoms with Crippen molar-refractivity contribution in [3.8, 4) is 0 Å². The summed E-state index contributed by atoms with van der Waals surface area (Å²) < 4.78 is 0. The van der Waals surface area contributed by atoms with E-state index in [1.807, 2.05) is 0 Å². The number of amides is 2. The molecule has 3 aliphatic heterocycles. The first-order valence-electron chi connectivity index (χ1n) is 9.13. The molecule has 2 amide bonds. The van der Waals surface area contributed by atoms with Gasteiger partial charge in [-0.2, -0.15) is 0 Å². The number of carbonyl (C=O) groups excluding carboxylic acids is 1. The molecule has 3 aliphatic rings. The van der Waals surface area contributed by atoms with E-state index in [1.165, 1.54) is 12.8 Å². The van der Waals surface area contributed by atoms with Gasteiger partial charge in [-0.1, -0.05) is 6.92 Å². The molecule has 5 nitrogen and oxygen atoms in total. The van der Waals surface area contributed by atoms with Gasteiger partial charge >= 0.3 is 6.03 Å². The van der Waals surface area contributed by atoms with Crippen LogP contribution in [0.4, 0.5) is 4.79 Å². The van der Waals surface area contributed by atoms with Gasteiger partial charge in [-0.15, -0.1) is 0 Å². The zero-order valence-electron chi connectivity index (χ0n) is 14.4. The maximum absolute atomic E-state index is 12.7. The van der Waals surface area contributed by atoms with Gasteiger partial charge in [0.15, 0.2) is 0 Å². The summed E-state index contributed by atoms with van der Waals surface area (Å²) in [6, 6.07) is 2.30. The molecule has 22 heavy (non-hydrogen) atoms. The van der Waals surface area contributed by atoms with E-state index in [-0.39, 0.29) is 6.03 Å². The Bertz CT molecular complexity index is 388. The minimum absolute atomic E-state index is 0.166. The fourth-order valence-electron chi connectivity index (χ4n) is 4.71. The van der Waals surface area contributed by atoms with Gasteiger partial charge < -0.3 is 20.0 Å². The molecular weight excluding hydrogens is 276 g/mol. The summed E-state index contributed by atoms with van der Waals surface area (Å²) in [7, 11) is 2.25. The highest BCUT2D eigenvalue weighted by atomic mass is 16.2. The highest BCUT2D eigenvalue weighted by Crippen LogP contribution is 2.34. The molecule has 3 heterocycles. The molecule has 0 aromatic heterocycles. The third-order valence-corrected chi connectivity index (χ3v) is 6.16. The summed E-state index contributed by atoms with van der Waals surface area (Å²) in [4.78, 5) is 19.8. The molecule has 3 saturated heterocycles. The molecule has 0 aliphatic carbocycles. The number of hydrogen-bond acceptors (Lipinski definition) is 3. The van der Waals surface area contributed by atoms with Gasteiger partial charge in [0, 0.05) is 43.8 Å². The summed E-state index contributed by atoms with van der Waals surface area (Å²) in [6.45, 7) is 8.38. The van der Waals surface area contributed by atoms with Crippen LogP contribution in [0, 0.1) is 0 Å². The predicted octanol–water partition coefficient (Wildman–Crippen LogP) is 1.74. The van der Waals surface area contributed by atoms with Gasteiger partial charge in [0.05, 0.1) is 0 Å². The van der Waals surface area contributed by atoms with Gasteiger partial charge in [0.1, 0.15) is 0 Å². The lowest BCUT2D eigenvalue weighted by atomic mass is 9.98. The molecular formula is C17H32N4O. The Morgan fingerprint density at radius 3 is 2.41 bits per heavy atom. The van der Waals surface area contributed by atoms with Crippen LogP contribution in [0.15, 0.2) is 0 Å². The van der Waals surface area contributed by atoms with Crippen LogP contribution >= 0.6 is 0 Å². The minimum Gasteiger partial charge on any atom is -0.335 e. The van der Waals surface area contributed by atoms with Crippen LogP contribution in [-0.4, -0.2) is 78.1 Å². The summed E-state index contributed by atoms with van der Waals surface area (Å²) in [5.74, 6) is 0. The number of likely N-dealkylation sites (tertiary alicyclic amines) is 1. The fourth-order valence-corrected chi connectivity index (χ4v) is 4.71. The molecule has 1 N–H and O–H groups in total. The first kappa shape index (κ1) is 16.1. The molecule has 2 bridgehead atoms. The van der Waals surface area contributed by atoms with E-state index in [9.17, 15) is 4.79 Å². The summed E-state index contributed by atoms with van der Waals surface area (Å²) >= 11 is 0. The van der Waals surface area contributed by atoms with Crippen molar-refractivity contribution in [2.45, 2.75) is 70.1 Å². The van der Waals surface area contributed by atoms with Crippen LogP contribution in [0.2, 0.25) is 0 Å². The number of likely N-dealkylation sites (N-methyl/N-ethyl adjacent to an activating group) is 2. The van der Waals surface area contributed by atoms with Crippen LogP contribution < -0.4 is 5.32 Å². The Balaban J connectivity index is 1.54. The van der Waals surface area contributed by atoms with Crippen LogP contribution in [0.25, 0.3) is 0 Å². The Morgan fingerprint density at radius 1 is 1.18 bits per heavy atom. The second kappa shape index (κ2) is 6.75. The van der Waals surface area contributed by atoms with Crippen molar-refractivity contribution >= 4 is 6.03 Å². The number of nitrogens with zero attached hydrogens (tertiary/aromatic N) is 3. The number of urea groups is 1. The number of nitrogens with one attached hydrogen (secondary N) is 1. The first-order chi connectivity index (χ1) is 10.6. The molecule has 5 heteroatoms. The van der Waals surface area contributed by atoms with Gasteiger partial charge in [0.2, 0.25) is 0 Å². The topological polar surface area (TPSA) is 38.8 Å². The van der Waals surface area contributed by atoms with Crippen molar-refractivity contribution in [1.82, 2.24) is 20.0 Å². The van der Waals surface area contributed by atoms with Crippen molar-refractivity contribution in [3.63, 3.8) is 0 Å². The van der Waals surface area contributed by atoms with Gasteiger partial charge in [0.25, 0.3) is 0 Å². The van der Waals surface area contributed by atoms with E-state index in [0.29, 0.717) is 24.2 Å². The smallest absolute Gasteiger partial charge is 0.317 e. The van der Waals surface area contributed by atoms with Crippen molar-refractivity contribution < 1.29 is 4.79 Å². The number of rotatable bonds is 4. The molecule has 0 radical (unpaired) electrons. The summed E-state index contributed by atoms with van der Waals surface area (Å²) in [5, 5.41) is 3.34. The van der Waals surface area contributed by atoms with E-state index >= 15 is 0 Å². The normalized spacial score (nSPS) is 35.8. The zero-order valence-corrected chi connectivity index (χ0v) is 14.4. The van der Waals surface area contributed by atoms with Crippen molar-refractivity contribution in [2.75, 3.05) is 33.2 Å². The average molecular weight is 308 g/mol. The molecule has 3 atom stereocenters. The predicted molar refractivity (Wildman–Crippen MR) is 89.0 cm³/mol. The maximum Gasteiger partial charge on any atom is 0.317 e. The maximum atomic E-state index is 12.7. The Hall–Kier alpha value is -0.810. The zero-order chi connectivity index (χ0) is 15.7. The van der Waals surface area contributed by atoms with E-state index in [1.54, 1.807) is 0 Å². The van der Waals surface area contributed by atoms with Gasteiger partial charge in [-0.05, 0) is 52.6 Å². The highest BCUT2D eigenvalue weighted by molar-refractivity contribution is 5.75. The van der Waals surface area contributed by atoms with Crippen molar-refractivity contribution in [2.24, 2.45) is 0 Å². The summed E-state index contributed by atoms with van der Waals surface area (Å²) in [6.07, 6.45) is 5.98. The van der Waals surface area contributed by atoms with Crippen molar-refractivity contribution in [1.29, 1.82) is 0 Å². The SMILES string of the molecule is CCN1CCC(N(CC)C(=O)NC2CC3CCC(C2)N3C)C1. The lowest BCUT2D eigenvalue weighted by Gasteiger charge is -2.38. The molecule has 3 rings (SSSR count). The second-order valence-electron chi connectivity index (χ2n) is 7.29. The quantitative estimate of drug-likeness (QED) is 0.860. The van der Waals surface area contributed by atoms with Gasteiger partial charge in [-0.3, -0.25) is 0 Å². The van der Waals surface area contributed by atoms with Crippen LogP contribution in [0.3, 0.4) is 0 Å². The highest BCUT2D eigenvalue weighted by Gasteiger charge is 2.39. The third-order valence-electron chi connectivity index (χ3n) is 6.16. The molecule has 3 unspecified atom stereocenters. The van der Waals surface area contributed by atoms with Crippen LogP contribution in [0.1, 0.15) is 46.0 Å². The molecule has 0 saturated carbocycles. The Kier molecular flexibility index (Phi) is 4.93. The molecule has 126 valence electrons. The monoisotopic (exact) mass is 308 g/mol. The Labute approximate surface area is 135 Å². The second-order valence-corrected chi connectivity index (χ2v) is 7.29. The number of hydrogen-bond donors (Lipinski definition) is 1. The standard InChI is InChI=1S/C17H32N4O/c1-4-20-9-8-16(12-20)21(5-2)17(22)18-13-10-14-6-7-15(11-13)19(14)3/h13-16H,4-12H2,1-3H3,(H,18,22). The summed E-state index contributed by atoms with van der Waals surface area (Å²) in [5.41, 5.74) is 0. The lowest BCUT2D eigenvalue weighted by molar-refractivity contribution is 0.136. The van der Waals surface area contributed by atoms with E-state index in [4.69, 9.17) is 0 Å². The largest absolute Gasteiger partial charge is 0.335 e. The third kappa shape index (κ3) is 3.11. The van der Waals surface area contributed by atoms with E-state index in [0.717, 1.165) is 45.4 Å². The minimum atomic E-state index is 0.166. The first-order valence-corrected chi connectivity index (χ1v) is 9.13. The van der Waals surface area contributed by atoms with E-state index < -0.39 is 0 Å². The number of piperidine rings is 1. The molecule has 0 aromatic rings. The lowest BCUT2D eigenvalue weighted by Crippen LogP contribution is -2.54. The van der Waals surface area contributed by atoms with Crippen LogP contribution in [-0.2, 0) is 0 Å². The van der Waals surface area contributed by atoms with Crippen molar-refractivity contribution in [3.05, 3.63) is 0 Å². The molecule has 0 aromatic carbocycles. The van der Waals surface area contributed by atoms with E-state index in [2.05, 4.69) is 40.9 Å².